The molecule has 1 fully saturated rings. The molecule has 7 rings (SSSR count). The van der Waals surface area contributed by atoms with Crippen LogP contribution in [0, 0.1) is 5.92 Å². The first kappa shape index (κ1) is 21.5. The standard InChI is InChI=1S/C28H23N7O2/c36-28(16-3-1-2-4-16)32-20-9-18(12-29-14-20)19-10-23-25(34-35-27(23)31-13-19)24-11-22-21(17-6-8-37-15-17)5-7-30-26(22)33-24/h5-16H,1-4H2,(H,30,33)(H,32,36)(H,31,34,35). The van der Waals surface area contributed by atoms with Crippen LogP contribution in [0.1, 0.15) is 25.7 Å². The van der Waals surface area contributed by atoms with Gasteiger partial charge >= 0.3 is 0 Å². The highest BCUT2D eigenvalue weighted by Crippen LogP contribution is 2.34. The fourth-order valence-electron chi connectivity index (χ4n) is 5.19. The van der Waals surface area contributed by atoms with Crippen LogP contribution < -0.4 is 5.32 Å². The molecule has 0 unspecified atom stereocenters. The molecule has 0 aromatic carbocycles. The van der Waals surface area contributed by atoms with Gasteiger partial charge in [0.05, 0.1) is 30.1 Å². The third-order valence-electron chi connectivity index (χ3n) is 7.10. The van der Waals surface area contributed by atoms with Crippen LogP contribution in [-0.2, 0) is 4.79 Å². The second kappa shape index (κ2) is 8.70. The van der Waals surface area contributed by atoms with E-state index in [0.29, 0.717) is 11.3 Å². The highest BCUT2D eigenvalue weighted by Gasteiger charge is 2.23. The van der Waals surface area contributed by atoms with Crippen LogP contribution in [0.5, 0.6) is 0 Å². The Morgan fingerprint density at radius 3 is 2.70 bits per heavy atom. The smallest absolute Gasteiger partial charge is 0.227 e. The molecule has 0 aliphatic heterocycles. The molecular formula is C28H23N7O2. The van der Waals surface area contributed by atoms with Gasteiger partial charge in [0.25, 0.3) is 0 Å². The highest BCUT2D eigenvalue weighted by molar-refractivity contribution is 6.00. The van der Waals surface area contributed by atoms with Crippen molar-refractivity contribution in [1.29, 1.82) is 0 Å². The van der Waals surface area contributed by atoms with Crippen LogP contribution in [0.25, 0.3) is 55.7 Å². The number of carbonyl (C=O) groups is 1. The van der Waals surface area contributed by atoms with E-state index in [1.54, 1.807) is 37.3 Å². The molecule has 3 N–H and O–H groups in total. The second-order valence-corrected chi connectivity index (χ2v) is 9.44. The Balaban J connectivity index is 1.25. The van der Waals surface area contributed by atoms with Crippen molar-refractivity contribution >= 4 is 33.7 Å². The van der Waals surface area contributed by atoms with Crippen molar-refractivity contribution in [1.82, 2.24) is 30.1 Å². The molecule has 6 aromatic heterocycles. The number of H-pyrrole nitrogens is 2. The molecule has 0 saturated heterocycles. The molecule has 37 heavy (non-hydrogen) atoms. The summed E-state index contributed by atoms with van der Waals surface area (Å²) in [6.07, 6.45) is 14.5. The zero-order valence-corrected chi connectivity index (χ0v) is 19.9. The maximum atomic E-state index is 12.6. The number of furan rings is 1. The van der Waals surface area contributed by atoms with Gasteiger partial charge in [-0.3, -0.25) is 14.9 Å². The average molecular weight is 490 g/mol. The predicted octanol–water partition coefficient (Wildman–Crippen LogP) is 5.95. The van der Waals surface area contributed by atoms with Crippen molar-refractivity contribution in [3.05, 3.63) is 67.6 Å². The summed E-state index contributed by atoms with van der Waals surface area (Å²) in [6.45, 7) is 0. The lowest BCUT2D eigenvalue weighted by molar-refractivity contribution is -0.119. The summed E-state index contributed by atoms with van der Waals surface area (Å²) in [6, 6.07) is 9.93. The number of hydrogen-bond acceptors (Lipinski definition) is 6. The molecule has 6 heterocycles. The van der Waals surface area contributed by atoms with E-state index in [0.717, 1.165) is 75.7 Å². The monoisotopic (exact) mass is 489 g/mol. The summed E-state index contributed by atoms with van der Waals surface area (Å²) in [5, 5.41) is 12.5. The van der Waals surface area contributed by atoms with E-state index in [-0.39, 0.29) is 11.8 Å². The topological polar surface area (TPSA) is 125 Å². The number of nitrogens with one attached hydrogen (secondary N) is 3. The van der Waals surface area contributed by atoms with E-state index < -0.39 is 0 Å². The predicted molar refractivity (Wildman–Crippen MR) is 140 cm³/mol. The van der Waals surface area contributed by atoms with Gasteiger partial charge in [0.1, 0.15) is 11.3 Å². The van der Waals surface area contributed by atoms with Gasteiger partial charge in [0, 0.05) is 52.0 Å². The number of amides is 1. The lowest BCUT2D eigenvalue weighted by atomic mass is 10.1. The summed E-state index contributed by atoms with van der Waals surface area (Å²) in [5.41, 5.74) is 7.49. The number of fused-ring (bicyclic) bond motifs is 2. The molecular weight excluding hydrogens is 466 g/mol. The lowest BCUT2D eigenvalue weighted by Crippen LogP contribution is -2.20. The summed E-state index contributed by atoms with van der Waals surface area (Å²) < 4.78 is 5.28. The SMILES string of the molecule is O=C(Nc1cncc(-c2cnc3[nH]nc(-c4cc5c(-c6ccoc6)ccnc5[nH]4)c3c2)c1)C1CCCC1. The number of pyridine rings is 3. The minimum atomic E-state index is 0.0735. The van der Waals surface area contributed by atoms with Crippen LogP contribution in [0.3, 0.4) is 0 Å². The van der Waals surface area contributed by atoms with E-state index in [4.69, 9.17) is 4.42 Å². The zero-order valence-electron chi connectivity index (χ0n) is 19.9. The zero-order chi connectivity index (χ0) is 24.8. The molecule has 1 aliphatic carbocycles. The summed E-state index contributed by atoms with van der Waals surface area (Å²) in [7, 11) is 0. The van der Waals surface area contributed by atoms with Crippen molar-refractivity contribution in [2.24, 2.45) is 5.92 Å². The molecule has 182 valence electrons. The fraction of sp³-hybridized carbons (Fsp3) is 0.179. The van der Waals surface area contributed by atoms with Crippen molar-refractivity contribution in [2.75, 3.05) is 5.32 Å². The van der Waals surface area contributed by atoms with E-state index in [1.165, 1.54) is 0 Å². The van der Waals surface area contributed by atoms with Crippen LogP contribution in [0.15, 0.2) is 72.1 Å². The van der Waals surface area contributed by atoms with E-state index >= 15 is 0 Å². The van der Waals surface area contributed by atoms with Gasteiger partial charge in [-0.2, -0.15) is 5.10 Å². The molecule has 0 bridgehead atoms. The Morgan fingerprint density at radius 2 is 1.84 bits per heavy atom. The quantitative estimate of drug-likeness (QED) is 0.275. The summed E-state index contributed by atoms with van der Waals surface area (Å²) in [4.78, 5) is 29.5. The van der Waals surface area contributed by atoms with Crippen molar-refractivity contribution < 1.29 is 9.21 Å². The Labute approximate surface area is 211 Å². The summed E-state index contributed by atoms with van der Waals surface area (Å²) >= 11 is 0. The largest absolute Gasteiger partial charge is 0.472 e. The molecule has 6 aromatic rings. The van der Waals surface area contributed by atoms with Gasteiger partial charge in [-0.05, 0) is 48.7 Å². The minimum Gasteiger partial charge on any atom is -0.472 e. The molecule has 1 amide bonds. The fourth-order valence-corrected chi connectivity index (χ4v) is 5.19. The first-order valence-electron chi connectivity index (χ1n) is 12.3. The van der Waals surface area contributed by atoms with Crippen LogP contribution in [-0.4, -0.2) is 36.0 Å². The number of anilines is 1. The number of rotatable bonds is 5. The van der Waals surface area contributed by atoms with Crippen molar-refractivity contribution in [2.45, 2.75) is 25.7 Å². The van der Waals surface area contributed by atoms with Crippen LogP contribution in [0.2, 0.25) is 0 Å². The number of carbonyl (C=O) groups excluding carboxylic acids is 1. The Morgan fingerprint density at radius 1 is 0.946 bits per heavy atom. The van der Waals surface area contributed by atoms with Crippen molar-refractivity contribution in [3.63, 3.8) is 0 Å². The third kappa shape index (κ3) is 3.85. The minimum absolute atomic E-state index is 0.0735. The van der Waals surface area contributed by atoms with Gasteiger partial charge in [0.15, 0.2) is 5.65 Å². The molecule has 0 spiro atoms. The van der Waals surface area contributed by atoms with Gasteiger partial charge in [0.2, 0.25) is 5.91 Å². The normalized spacial score (nSPS) is 14.1. The van der Waals surface area contributed by atoms with Gasteiger partial charge in [-0.15, -0.1) is 0 Å². The maximum Gasteiger partial charge on any atom is 0.227 e. The van der Waals surface area contributed by atoms with Crippen LogP contribution >= 0.6 is 0 Å². The maximum absolute atomic E-state index is 12.6. The van der Waals surface area contributed by atoms with E-state index in [2.05, 4.69) is 35.5 Å². The number of nitrogens with zero attached hydrogens (tertiary/aromatic N) is 4. The van der Waals surface area contributed by atoms with Gasteiger partial charge < -0.3 is 14.7 Å². The van der Waals surface area contributed by atoms with Gasteiger partial charge in [-0.25, -0.2) is 9.97 Å². The number of aromatic nitrogens is 6. The Bertz CT molecular complexity index is 1740. The molecule has 9 nitrogen and oxygen atoms in total. The van der Waals surface area contributed by atoms with E-state index in [9.17, 15) is 4.79 Å². The number of aromatic amines is 2. The lowest BCUT2D eigenvalue weighted by Gasteiger charge is -2.11. The second-order valence-electron chi connectivity index (χ2n) is 9.44. The molecule has 0 atom stereocenters. The van der Waals surface area contributed by atoms with Crippen LogP contribution in [0.4, 0.5) is 5.69 Å². The Kier molecular flexibility index (Phi) is 5.05. The first-order chi connectivity index (χ1) is 18.2. The van der Waals surface area contributed by atoms with Gasteiger partial charge in [-0.1, -0.05) is 12.8 Å². The van der Waals surface area contributed by atoms with Crippen molar-refractivity contribution in [3.8, 4) is 33.6 Å². The molecule has 1 aliphatic rings. The molecule has 1 saturated carbocycles. The average Bonchev–Trinajstić information content (AvgIpc) is 3.74. The molecule has 0 radical (unpaired) electrons. The third-order valence-corrected chi connectivity index (χ3v) is 7.10. The molecule has 9 heteroatoms. The first-order valence-corrected chi connectivity index (χ1v) is 12.3. The number of hydrogen-bond donors (Lipinski definition) is 3. The highest BCUT2D eigenvalue weighted by atomic mass is 16.3. The summed E-state index contributed by atoms with van der Waals surface area (Å²) in [5.74, 6) is 0.166. The Hall–Kier alpha value is -4.79. The van der Waals surface area contributed by atoms with E-state index in [1.807, 2.05) is 30.3 Å².